The van der Waals surface area contributed by atoms with Gasteiger partial charge in [-0.25, -0.2) is 0 Å². The molecule has 7 unspecified atom stereocenters. The molecule has 6 rings (SSSR count). The number of nitrogens with zero attached hydrogens (tertiary/aromatic N) is 2. The minimum atomic E-state index is -0.0898. The fraction of sp³-hybridized carbons (Fsp3) is 0.560. The first kappa shape index (κ1) is 19.1. The number of fused-ring (bicyclic) bond motifs is 8. The molecule has 2 bridgehead atoms. The van der Waals surface area contributed by atoms with E-state index in [-0.39, 0.29) is 35.5 Å². The maximum Gasteiger partial charge on any atom is 0.233 e. The van der Waals surface area contributed by atoms with Gasteiger partial charge >= 0.3 is 0 Å². The van der Waals surface area contributed by atoms with E-state index in [9.17, 15) is 9.59 Å². The van der Waals surface area contributed by atoms with Crippen molar-refractivity contribution < 1.29 is 9.59 Å². The van der Waals surface area contributed by atoms with Crippen molar-refractivity contribution in [1.29, 1.82) is 0 Å². The first-order valence-electron chi connectivity index (χ1n) is 11.7. The molecule has 6 heteroatoms. The minimum Gasteiger partial charge on any atom is -0.356 e. The average molecular weight is 419 g/mol. The predicted molar refractivity (Wildman–Crippen MR) is 118 cm³/mol. The Bertz CT molecular complexity index is 955. The van der Waals surface area contributed by atoms with Gasteiger partial charge in [0.25, 0.3) is 0 Å². The van der Waals surface area contributed by atoms with E-state index >= 15 is 0 Å². The Morgan fingerprint density at radius 2 is 1.81 bits per heavy atom. The van der Waals surface area contributed by atoms with E-state index in [1.807, 2.05) is 0 Å². The summed E-state index contributed by atoms with van der Waals surface area (Å²) in [7, 11) is 1.79. The van der Waals surface area contributed by atoms with Crippen LogP contribution in [0.4, 0.5) is 0 Å². The molecule has 1 heterocycles. The number of carbonyl (C=O) groups is 2. The highest BCUT2D eigenvalue weighted by molar-refractivity contribution is 6.06. The quantitative estimate of drug-likeness (QED) is 0.243. The van der Waals surface area contributed by atoms with Crippen LogP contribution < -0.4 is 10.6 Å². The second-order valence-electron chi connectivity index (χ2n) is 9.82. The summed E-state index contributed by atoms with van der Waals surface area (Å²) < 4.78 is 0. The molecule has 5 aliphatic rings. The highest BCUT2D eigenvalue weighted by atomic mass is 16.2. The van der Waals surface area contributed by atoms with Gasteiger partial charge in [0.1, 0.15) is 0 Å². The third kappa shape index (κ3) is 2.94. The standard InChI is InChI=1S/C25H30N4O2/c1-26-25(28-13-19-18-12-14-5-2-3-6-17(14)22(18)19)27-9-4-10-29-23(30)20-15-7-8-16(11-15)21(20)24(29)31/h2-3,5-8,15-16,18-22H,4,9-13H2,1H3,(H2,26,27,28). The van der Waals surface area contributed by atoms with Crippen molar-refractivity contribution >= 4 is 17.8 Å². The zero-order valence-electron chi connectivity index (χ0n) is 18.0. The Labute approximate surface area is 183 Å². The van der Waals surface area contributed by atoms with Crippen LogP contribution in [-0.2, 0) is 16.0 Å². The van der Waals surface area contributed by atoms with Crippen molar-refractivity contribution in [2.24, 2.45) is 40.5 Å². The monoisotopic (exact) mass is 418 g/mol. The summed E-state index contributed by atoms with van der Waals surface area (Å²) in [6.45, 7) is 2.13. The van der Waals surface area contributed by atoms with Crippen molar-refractivity contribution in [3.8, 4) is 0 Å². The molecule has 2 saturated carbocycles. The molecule has 31 heavy (non-hydrogen) atoms. The normalized spacial score (nSPS) is 36.6. The van der Waals surface area contributed by atoms with Gasteiger partial charge in [0, 0.05) is 26.7 Å². The first-order chi connectivity index (χ1) is 15.2. The molecule has 2 amide bonds. The molecule has 1 aromatic carbocycles. The summed E-state index contributed by atoms with van der Waals surface area (Å²) in [5, 5.41) is 6.82. The van der Waals surface area contributed by atoms with E-state index in [2.05, 4.69) is 52.0 Å². The molecular weight excluding hydrogens is 388 g/mol. The van der Waals surface area contributed by atoms with Gasteiger partial charge in [-0.05, 0) is 60.0 Å². The third-order valence-corrected chi connectivity index (χ3v) is 8.34. The van der Waals surface area contributed by atoms with Crippen molar-refractivity contribution in [2.75, 3.05) is 26.7 Å². The number of nitrogens with one attached hydrogen (secondary N) is 2. The number of aliphatic imine (C=N–C) groups is 1. The number of amides is 2. The Balaban J connectivity index is 0.950. The smallest absolute Gasteiger partial charge is 0.233 e. The van der Waals surface area contributed by atoms with Crippen LogP contribution in [-0.4, -0.2) is 49.4 Å². The third-order valence-electron chi connectivity index (χ3n) is 8.34. The number of carbonyl (C=O) groups excluding carboxylic acids is 2. The van der Waals surface area contributed by atoms with Crippen LogP contribution in [0, 0.1) is 35.5 Å². The van der Waals surface area contributed by atoms with Gasteiger partial charge in [0.2, 0.25) is 11.8 Å². The fourth-order valence-corrected chi connectivity index (χ4v) is 6.83. The molecule has 162 valence electrons. The summed E-state index contributed by atoms with van der Waals surface area (Å²) in [5.41, 5.74) is 3.06. The number of benzene rings is 1. The summed E-state index contributed by atoms with van der Waals surface area (Å²) >= 11 is 0. The highest BCUT2D eigenvalue weighted by Gasteiger charge is 2.59. The molecule has 0 radical (unpaired) electrons. The highest BCUT2D eigenvalue weighted by Crippen LogP contribution is 2.60. The largest absolute Gasteiger partial charge is 0.356 e. The van der Waals surface area contributed by atoms with Gasteiger partial charge in [-0.1, -0.05) is 36.4 Å². The van der Waals surface area contributed by atoms with Crippen molar-refractivity contribution in [3.63, 3.8) is 0 Å². The lowest BCUT2D eigenvalue weighted by Gasteiger charge is -2.18. The Hall–Kier alpha value is -2.63. The predicted octanol–water partition coefficient (Wildman–Crippen LogP) is 1.93. The molecule has 1 saturated heterocycles. The molecule has 6 nitrogen and oxygen atoms in total. The Kier molecular flexibility index (Phi) is 4.44. The second-order valence-corrected chi connectivity index (χ2v) is 9.82. The SMILES string of the molecule is CN=C(NCCCN1C(=O)C2C3C=CC(C3)C2C1=O)NCC1C2Cc3ccccc3C12. The molecule has 2 N–H and O–H groups in total. The van der Waals surface area contributed by atoms with Crippen LogP contribution >= 0.6 is 0 Å². The zero-order chi connectivity index (χ0) is 21.1. The molecule has 0 spiro atoms. The molecule has 1 aromatic rings. The molecule has 7 atom stereocenters. The number of hydrogen-bond acceptors (Lipinski definition) is 3. The van der Waals surface area contributed by atoms with Gasteiger partial charge in [-0.2, -0.15) is 0 Å². The van der Waals surface area contributed by atoms with Gasteiger partial charge in [0.05, 0.1) is 11.8 Å². The van der Waals surface area contributed by atoms with Gasteiger partial charge in [-0.15, -0.1) is 0 Å². The number of hydrogen-bond donors (Lipinski definition) is 2. The van der Waals surface area contributed by atoms with E-state index in [0.29, 0.717) is 24.9 Å². The number of guanidine groups is 1. The van der Waals surface area contributed by atoms with Crippen LogP contribution in [0.5, 0.6) is 0 Å². The lowest BCUT2D eigenvalue weighted by molar-refractivity contribution is -0.140. The maximum atomic E-state index is 12.8. The zero-order valence-corrected chi connectivity index (χ0v) is 18.0. The second kappa shape index (κ2) is 7.21. The maximum absolute atomic E-state index is 12.8. The number of imide groups is 1. The minimum absolute atomic E-state index is 0.0508. The summed E-state index contributed by atoms with van der Waals surface area (Å²) in [6, 6.07) is 8.83. The number of rotatable bonds is 6. The van der Waals surface area contributed by atoms with E-state index in [1.165, 1.54) is 22.4 Å². The first-order valence-corrected chi connectivity index (χ1v) is 11.7. The lowest BCUT2D eigenvalue weighted by atomic mass is 9.85. The topological polar surface area (TPSA) is 73.8 Å². The van der Waals surface area contributed by atoms with Gasteiger partial charge in [0.15, 0.2) is 5.96 Å². The van der Waals surface area contributed by atoms with E-state index in [4.69, 9.17) is 0 Å². The molecule has 1 aliphatic heterocycles. The summed E-state index contributed by atoms with van der Waals surface area (Å²) in [5.74, 6) is 3.47. The van der Waals surface area contributed by atoms with Crippen molar-refractivity contribution in [1.82, 2.24) is 15.5 Å². The van der Waals surface area contributed by atoms with E-state index < -0.39 is 0 Å². The van der Waals surface area contributed by atoms with Crippen molar-refractivity contribution in [3.05, 3.63) is 47.5 Å². The van der Waals surface area contributed by atoms with Gasteiger partial charge in [-0.3, -0.25) is 19.5 Å². The van der Waals surface area contributed by atoms with Crippen LogP contribution in [0.2, 0.25) is 0 Å². The fourth-order valence-electron chi connectivity index (χ4n) is 6.83. The summed E-state index contributed by atoms with van der Waals surface area (Å²) in [6.07, 6.45) is 7.21. The lowest BCUT2D eigenvalue weighted by Crippen LogP contribution is -2.40. The molecule has 3 fully saturated rings. The Morgan fingerprint density at radius 3 is 2.55 bits per heavy atom. The molecule has 4 aliphatic carbocycles. The number of likely N-dealkylation sites (tertiary alicyclic amines) is 1. The van der Waals surface area contributed by atoms with Crippen LogP contribution in [0.25, 0.3) is 0 Å². The van der Waals surface area contributed by atoms with E-state index in [0.717, 1.165) is 31.3 Å². The van der Waals surface area contributed by atoms with E-state index in [1.54, 1.807) is 7.05 Å². The average Bonchev–Trinajstić information content (AvgIpc) is 3.21. The van der Waals surface area contributed by atoms with Crippen molar-refractivity contribution in [2.45, 2.75) is 25.2 Å². The molecular formula is C25H30N4O2. The van der Waals surface area contributed by atoms with Crippen LogP contribution in [0.3, 0.4) is 0 Å². The van der Waals surface area contributed by atoms with Crippen LogP contribution in [0.1, 0.15) is 29.9 Å². The van der Waals surface area contributed by atoms with Gasteiger partial charge < -0.3 is 10.6 Å². The molecule has 0 aromatic heterocycles. The summed E-state index contributed by atoms with van der Waals surface area (Å²) in [4.78, 5) is 31.4. The van der Waals surface area contributed by atoms with Crippen LogP contribution in [0.15, 0.2) is 41.4 Å². The Morgan fingerprint density at radius 1 is 1.06 bits per heavy atom. The number of allylic oxidation sites excluding steroid dienone is 2.